The van der Waals surface area contributed by atoms with Gasteiger partial charge in [0, 0.05) is 48.6 Å². The number of aliphatic hydroxyl groups is 1. The van der Waals surface area contributed by atoms with Gasteiger partial charge in [0.05, 0.1) is 25.6 Å². The van der Waals surface area contributed by atoms with Gasteiger partial charge in [-0.05, 0) is 51.1 Å². The van der Waals surface area contributed by atoms with E-state index in [1.807, 2.05) is 20.8 Å². The normalized spacial score (nSPS) is 18.8. The van der Waals surface area contributed by atoms with Crippen molar-refractivity contribution in [1.82, 2.24) is 15.1 Å². The van der Waals surface area contributed by atoms with Crippen LogP contribution in [-0.2, 0) is 11.2 Å². The maximum atomic E-state index is 13.4. The molecule has 0 fully saturated rings. The van der Waals surface area contributed by atoms with Crippen LogP contribution in [-0.4, -0.2) is 84.6 Å². The number of carbonyl (C=O) groups is 3. The number of likely N-dealkylation sites (N-methyl/N-ethyl adjacent to an activating group) is 1. The molecule has 2 aromatic rings. The lowest BCUT2D eigenvalue weighted by atomic mass is 10.0. The highest BCUT2D eigenvalue weighted by Gasteiger charge is 2.32. The molecule has 0 saturated heterocycles. The van der Waals surface area contributed by atoms with E-state index in [9.17, 15) is 19.5 Å². The summed E-state index contributed by atoms with van der Waals surface area (Å²) in [5.41, 5.74) is 1.68. The van der Waals surface area contributed by atoms with Crippen molar-refractivity contribution in [1.29, 1.82) is 0 Å². The van der Waals surface area contributed by atoms with Crippen molar-refractivity contribution >= 4 is 29.3 Å². The van der Waals surface area contributed by atoms with Gasteiger partial charge in [-0.3, -0.25) is 4.79 Å². The molecule has 0 saturated carbocycles. The number of benzene rings is 2. The van der Waals surface area contributed by atoms with Crippen LogP contribution in [0.2, 0.25) is 0 Å². The first kappa shape index (κ1) is 29.8. The molecule has 0 unspecified atom stereocenters. The number of anilines is 2. The van der Waals surface area contributed by atoms with Crippen LogP contribution in [0.5, 0.6) is 17.2 Å². The molecule has 12 nitrogen and oxygen atoms in total. The zero-order chi connectivity index (χ0) is 29.7. The molecule has 3 atom stereocenters. The molecular formula is C29H39N5O7. The van der Waals surface area contributed by atoms with Crippen LogP contribution in [0, 0.1) is 5.92 Å². The van der Waals surface area contributed by atoms with Gasteiger partial charge in [-0.25, -0.2) is 9.59 Å². The van der Waals surface area contributed by atoms with E-state index in [2.05, 4.69) is 16.0 Å². The number of hydrogen-bond donors (Lipinski definition) is 4. The Kier molecular flexibility index (Phi) is 9.43. The first-order valence-electron chi connectivity index (χ1n) is 13.7. The van der Waals surface area contributed by atoms with Gasteiger partial charge in [0.1, 0.15) is 11.9 Å². The summed E-state index contributed by atoms with van der Waals surface area (Å²) in [5, 5.41) is 18.3. The van der Waals surface area contributed by atoms with Crippen molar-refractivity contribution in [3.8, 4) is 17.2 Å². The number of rotatable bonds is 7. The van der Waals surface area contributed by atoms with Gasteiger partial charge in [0.2, 0.25) is 12.7 Å². The summed E-state index contributed by atoms with van der Waals surface area (Å²) in [6.07, 6.45) is -0.454. The highest BCUT2D eigenvalue weighted by atomic mass is 16.7. The van der Waals surface area contributed by atoms with Crippen LogP contribution in [0.3, 0.4) is 0 Å². The number of nitrogens with one attached hydrogen (secondary N) is 3. The second-order valence-electron chi connectivity index (χ2n) is 10.8. The van der Waals surface area contributed by atoms with E-state index in [1.54, 1.807) is 55.3 Å². The molecule has 2 aliphatic heterocycles. The maximum absolute atomic E-state index is 13.4. The van der Waals surface area contributed by atoms with Gasteiger partial charge >= 0.3 is 12.1 Å². The zero-order valence-electron chi connectivity index (χ0n) is 24.1. The van der Waals surface area contributed by atoms with Gasteiger partial charge in [-0.2, -0.15) is 0 Å². The molecule has 2 heterocycles. The summed E-state index contributed by atoms with van der Waals surface area (Å²) in [4.78, 5) is 41.9. The standard InChI is InChI=1S/C29H39N5O7/c1-17(2)30-28(37)31-21-6-8-23-20(10-21)11-27(36)34(19(4)15-35)13-18(3)26(41-23)14-33(5)29(38)32-22-7-9-24-25(12-22)40-16-39-24/h6-10,12,17-19,26,35H,11,13-16H2,1-5H3,(H,32,38)(H2,30,31,37)/t18-,19-,26-/m1/s1. The molecular weight excluding hydrogens is 530 g/mol. The molecule has 5 amide bonds. The van der Waals surface area contributed by atoms with Crippen molar-refractivity contribution in [2.24, 2.45) is 5.92 Å². The van der Waals surface area contributed by atoms with E-state index in [4.69, 9.17) is 14.2 Å². The summed E-state index contributed by atoms with van der Waals surface area (Å²) in [6.45, 7) is 7.98. The van der Waals surface area contributed by atoms with E-state index in [0.717, 1.165) is 0 Å². The van der Waals surface area contributed by atoms with Gasteiger partial charge < -0.3 is 45.1 Å². The minimum atomic E-state index is -0.483. The fourth-order valence-corrected chi connectivity index (χ4v) is 4.70. The molecule has 2 aliphatic rings. The lowest BCUT2D eigenvalue weighted by Crippen LogP contribution is -2.48. The Balaban J connectivity index is 1.55. The minimum absolute atomic E-state index is 0.0286. The number of ether oxygens (including phenoxy) is 3. The largest absolute Gasteiger partial charge is 0.488 e. The number of urea groups is 2. The lowest BCUT2D eigenvalue weighted by Gasteiger charge is -2.34. The summed E-state index contributed by atoms with van der Waals surface area (Å²) in [7, 11) is 1.67. The number of amides is 5. The van der Waals surface area contributed by atoms with Gasteiger partial charge in [0.25, 0.3) is 0 Å². The third kappa shape index (κ3) is 7.51. The molecule has 0 spiro atoms. The molecule has 0 aromatic heterocycles. The Morgan fingerprint density at radius 2 is 1.73 bits per heavy atom. The van der Waals surface area contributed by atoms with Crippen LogP contribution in [0.25, 0.3) is 0 Å². The lowest BCUT2D eigenvalue weighted by molar-refractivity contribution is -0.134. The molecule has 2 aromatic carbocycles. The minimum Gasteiger partial charge on any atom is -0.488 e. The second kappa shape index (κ2) is 13.0. The van der Waals surface area contributed by atoms with Gasteiger partial charge in [-0.1, -0.05) is 6.92 Å². The summed E-state index contributed by atoms with van der Waals surface area (Å²) >= 11 is 0. The SMILES string of the molecule is CC(C)NC(=O)Nc1ccc2c(c1)CC(=O)N([C@H](C)CO)C[C@@H](C)[C@@H](CN(C)C(=O)Nc1ccc3c(c1)OCO3)O2. The van der Waals surface area contributed by atoms with Gasteiger partial charge in [-0.15, -0.1) is 0 Å². The number of fused-ring (bicyclic) bond motifs is 2. The average Bonchev–Trinajstić information content (AvgIpc) is 3.40. The van der Waals surface area contributed by atoms with E-state index in [0.29, 0.717) is 40.7 Å². The summed E-state index contributed by atoms with van der Waals surface area (Å²) in [6, 6.07) is 9.20. The van der Waals surface area contributed by atoms with Crippen molar-refractivity contribution in [2.75, 3.05) is 44.2 Å². The molecule has 0 radical (unpaired) electrons. The van der Waals surface area contributed by atoms with Gasteiger partial charge in [0.15, 0.2) is 11.5 Å². The van der Waals surface area contributed by atoms with E-state index >= 15 is 0 Å². The second-order valence-corrected chi connectivity index (χ2v) is 10.8. The Hall–Kier alpha value is -4.19. The molecule has 0 bridgehead atoms. The third-order valence-corrected chi connectivity index (χ3v) is 7.02. The van der Waals surface area contributed by atoms with Crippen molar-refractivity contribution in [3.63, 3.8) is 0 Å². The van der Waals surface area contributed by atoms with Crippen molar-refractivity contribution < 1.29 is 33.7 Å². The smallest absolute Gasteiger partial charge is 0.321 e. The quantitative estimate of drug-likeness (QED) is 0.401. The Bertz CT molecular complexity index is 1270. The zero-order valence-corrected chi connectivity index (χ0v) is 24.1. The van der Waals surface area contributed by atoms with E-state index in [1.165, 1.54) is 4.90 Å². The highest BCUT2D eigenvalue weighted by molar-refractivity contribution is 5.90. The number of nitrogens with zero attached hydrogens (tertiary/aromatic N) is 2. The highest BCUT2D eigenvalue weighted by Crippen LogP contribution is 2.34. The van der Waals surface area contributed by atoms with E-state index in [-0.39, 0.29) is 56.3 Å². The third-order valence-electron chi connectivity index (χ3n) is 7.02. The molecule has 41 heavy (non-hydrogen) atoms. The number of hydrogen-bond acceptors (Lipinski definition) is 7. The predicted molar refractivity (Wildman–Crippen MR) is 153 cm³/mol. The van der Waals surface area contributed by atoms with Crippen molar-refractivity contribution in [2.45, 2.75) is 52.3 Å². The number of carbonyl (C=O) groups excluding carboxylic acids is 3. The molecule has 4 rings (SSSR count). The monoisotopic (exact) mass is 569 g/mol. The van der Waals surface area contributed by atoms with Crippen LogP contribution in [0.1, 0.15) is 33.3 Å². The predicted octanol–water partition coefficient (Wildman–Crippen LogP) is 3.26. The molecule has 12 heteroatoms. The molecule has 0 aliphatic carbocycles. The molecule has 222 valence electrons. The first-order chi connectivity index (χ1) is 19.5. The van der Waals surface area contributed by atoms with E-state index < -0.39 is 12.1 Å². The summed E-state index contributed by atoms with van der Waals surface area (Å²) in [5.74, 6) is 1.33. The van der Waals surface area contributed by atoms with Crippen LogP contribution < -0.4 is 30.2 Å². The Morgan fingerprint density at radius 1 is 1.05 bits per heavy atom. The fraction of sp³-hybridized carbons (Fsp3) is 0.483. The Labute approximate surface area is 239 Å². The average molecular weight is 570 g/mol. The van der Waals surface area contributed by atoms with Crippen LogP contribution >= 0.6 is 0 Å². The number of aliphatic hydroxyl groups excluding tert-OH is 1. The summed E-state index contributed by atoms with van der Waals surface area (Å²) < 4.78 is 17.2. The van der Waals surface area contributed by atoms with Crippen LogP contribution in [0.15, 0.2) is 36.4 Å². The first-order valence-corrected chi connectivity index (χ1v) is 13.7. The Morgan fingerprint density at radius 3 is 2.44 bits per heavy atom. The fourth-order valence-electron chi connectivity index (χ4n) is 4.70. The maximum Gasteiger partial charge on any atom is 0.321 e. The van der Waals surface area contributed by atoms with Crippen molar-refractivity contribution in [3.05, 3.63) is 42.0 Å². The topological polar surface area (TPSA) is 142 Å². The molecule has 4 N–H and O–H groups in total. The van der Waals surface area contributed by atoms with Crippen LogP contribution in [0.4, 0.5) is 21.0 Å².